The molecule has 18 heavy (non-hydrogen) atoms. The minimum atomic E-state index is -0.189. The van der Waals surface area contributed by atoms with Gasteiger partial charge in [0.15, 0.2) is 0 Å². The van der Waals surface area contributed by atoms with Crippen molar-refractivity contribution in [2.75, 3.05) is 12.8 Å². The first kappa shape index (κ1) is 16.0. The molecular formula is C14H21BrFNS. The molecule has 0 aliphatic rings. The summed E-state index contributed by atoms with van der Waals surface area (Å²) in [7, 11) is 1.96. The summed E-state index contributed by atoms with van der Waals surface area (Å²) in [6, 6.07) is 5.57. The molecule has 4 heteroatoms. The fraction of sp³-hybridized carbons (Fsp3) is 0.571. The lowest BCUT2D eigenvalue weighted by Gasteiger charge is -2.23. The quantitative estimate of drug-likeness (QED) is 0.864. The number of hydrogen-bond donors (Lipinski definition) is 1. The first-order chi connectivity index (χ1) is 8.33. The molecule has 0 saturated carbocycles. The van der Waals surface area contributed by atoms with Crippen molar-refractivity contribution in [3.8, 4) is 0 Å². The van der Waals surface area contributed by atoms with Crippen molar-refractivity contribution in [3.63, 3.8) is 0 Å². The molecule has 0 fully saturated rings. The highest BCUT2D eigenvalue weighted by molar-refractivity contribution is 9.10. The van der Waals surface area contributed by atoms with Gasteiger partial charge in [0.25, 0.3) is 0 Å². The molecule has 1 aromatic rings. The van der Waals surface area contributed by atoms with E-state index in [-0.39, 0.29) is 10.6 Å². The van der Waals surface area contributed by atoms with Crippen molar-refractivity contribution < 1.29 is 4.39 Å². The zero-order chi connectivity index (χ0) is 13.8. The largest absolute Gasteiger partial charge is 0.316 e. The second-order valence-corrected chi connectivity index (χ2v) is 7.97. The lowest BCUT2D eigenvalue weighted by Crippen LogP contribution is -2.31. The summed E-state index contributed by atoms with van der Waals surface area (Å²) < 4.78 is 14.3. The van der Waals surface area contributed by atoms with E-state index in [2.05, 4.69) is 42.0 Å². The molecule has 0 radical (unpaired) electrons. The number of benzene rings is 1. The highest BCUT2D eigenvalue weighted by Gasteiger charge is 2.16. The van der Waals surface area contributed by atoms with Crippen LogP contribution >= 0.6 is 27.7 Å². The lowest BCUT2D eigenvalue weighted by molar-refractivity contribution is 0.595. The zero-order valence-corrected chi connectivity index (χ0v) is 13.8. The number of rotatable bonds is 5. The molecule has 0 saturated heterocycles. The maximum atomic E-state index is 13.4. The highest BCUT2D eigenvalue weighted by atomic mass is 79.9. The van der Waals surface area contributed by atoms with Crippen LogP contribution < -0.4 is 5.32 Å². The minimum Gasteiger partial charge on any atom is -0.316 e. The Morgan fingerprint density at radius 1 is 1.39 bits per heavy atom. The highest BCUT2D eigenvalue weighted by Crippen LogP contribution is 2.26. The van der Waals surface area contributed by atoms with Crippen LogP contribution in [0.4, 0.5) is 4.39 Å². The summed E-state index contributed by atoms with van der Waals surface area (Å²) in [5.74, 6) is 0.828. The lowest BCUT2D eigenvalue weighted by atomic mass is 10.1. The molecule has 0 aliphatic heterocycles. The Hall–Kier alpha value is -0.0600. The Morgan fingerprint density at radius 2 is 2.06 bits per heavy atom. The van der Waals surface area contributed by atoms with Crippen molar-refractivity contribution in [1.29, 1.82) is 0 Å². The van der Waals surface area contributed by atoms with E-state index in [4.69, 9.17) is 0 Å². The van der Waals surface area contributed by atoms with Crippen molar-refractivity contribution >= 4 is 27.7 Å². The number of likely N-dealkylation sites (N-methyl/N-ethyl adjacent to an activating group) is 1. The molecule has 1 nitrogen and oxygen atoms in total. The first-order valence-corrected chi connectivity index (χ1v) is 7.85. The molecular weight excluding hydrogens is 313 g/mol. The Bertz CT molecular complexity index is 390. The van der Waals surface area contributed by atoms with Gasteiger partial charge in [0.1, 0.15) is 5.82 Å². The fourth-order valence-electron chi connectivity index (χ4n) is 1.57. The molecule has 0 aliphatic carbocycles. The van der Waals surface area contributed by atoms with Crippen LogP contribution in [0.15, 0.2) is 22.7 Å². The number of halogens is 2. The van der Waals surface area contributed by atoms with Crippen molar-refractivity contribution in [1.82, 2.24) is 5.32 Å². The topological polar surface area (TPSA) is 12.0 Å². The van der Waals surface area contributed by atoms with Crippen LogP contribution in [0.5, 0.6) is 0 Å². The van der Waals surface area contributed by atoms with Gasteiger partial charge in [-0.1, -0.05) is 32.9 Å². The number of thioether (sulfide) groups is 1. The summed E-state index contributed by atoms with van der Waals surface area (Å²) in [4.78, 5) is 0. The second-order valence-electron chi connectivity index (χ2n) is 5.33. The van der Waals surface area contributed by atoms with Gasteiger partial charge in [-0.2, -0.15) is 11.8 Å². The normalized spacial score (nSPS) is 13.7. The van der Waals surface area contributed by atoms with Crippen molar-refractivity contribution in [3.05, 3.63) is 34.1 Å². The summed E-state index contributed by atoms with van der Waals surface area (Å²) >= 11 is 5.24. The van der Waals surface area contributed by atoms with Crippen molar-refractivity contribution in [2.24, 2.45) is 0 Å². The molecule has 0 heterocycles. The molecule has 1 unspecified atom stereocenters. The van der Waals surface area contributed by atoms with Gasteiger partial charge in [0, 0.05) is 16.5 Å². The Morgan fingerprint density at radius 3 is 2.61 bits per heavy atom. The van der Waals surface area contributed by atoms with E-state index in [1.54, 1.807) is 6.07 Å². The van der Waals surface area contributed by atoms with Gasteiger partial charge in [0.05, 0.1) is 4.47 Å². The SMILES string of the molecule is CNC(CSC(C)(C)C)Cc1cccc(F)c1Br. The minimum absolute atomic E-state index is 0.189. The predicted octanol–water partition coefficient (Wildman–Crippen LogP) is 4.25. The van der Waals surface area contributed by atoms with Gasteiger partial charge >= 0.3 is 0 Å². The summed E-state index contributed by atoms with van der Waals surface area (Å²) in [6.07, 6.45) is 0.831. The average molecular weight is 334 g/mol. The van der Waals surface area contributed by atoms with Crippen LogP contribution in [0.2, 0.25) is 0 Å². The van der Waals surface area contributed by atoms with E-state index < -0.39 is 0 Å². The monoisotopic (exact) mass is 333 g/mol. The Labute approximate surface area is 122 Å². The summed E-state index contributed by atoms with van der Waals surface area (Å²) in [5, 5.41) is 3.31. The molecule has 0 amide bonds. The smallest absolute Gasteiger partial charge is 0.137 e. The van der Waals surface area contributed by atoms with Crippen LogP contribution in [0.3, 0.4) is 0 Å². The fourth-order valence-corrected chi connectivity index (χ4v) is 2.98. The van der Waals surface area contributed by atoms with Gasteiger partial charge in [-0.15, -0.1) is 0 Å². The molecule has 102 valence electrons. The molecule has 1 atom stereocenters. The van der Waals surface area contributed by atoms with Crippen LogP contribution in [0.1, 0.15) is 26.3 Å². The van der Waals surface area contributed by atoms with Gasteiger partial charge < -0.3 is 5.32 Å². The van der Waals surface area contributed by atoms with E-state index in [9.17, 15) is 4.39 Å². The third kappa shape index (κ3) is 5.29. The molecule has 0 bridgehead atoms. The van der Waals surface area contributed by atoms with Crippen LogP contribution in [0.25, 0.3) is 0 Å². The molecule has 1 N–H and O–H groups in total. The predicted molar refractivity (Wildman–Crippen MR) is 82.9 cm³/mol. The van der Waals surface area contributed by atoms with Crippen LogP contribution in [0, 0.1) is 5.82 Å². The third-order valence-corrected chi connectivity index (χ3v) is 4.95. The maximum absolute atomic E-state index is 13.4. The van der Waals surface area contributed by atoms with Gasteiger partial charge in [-0.3, -0.25) is 0 Å². The Balaban J connectivity index is 2.65. The van der Waals surface area contributed by atoms with E-state index in [1.165, 1.54) is 6.07 Å². The zero-order valence-electron chi connectivity index (χ0n) is 11.4. The van der Waals surface area contributed by atoms with E-state index in [0.29, 0.717) is 10.5 Å². The first-order valence-electron chi connectivity index (χ1n) is 6.07. The van der Waals surface area contributed by atoms with Gasteiger partial charge in [-0.25, -0.2) is 4.39 Å². The van der Waals surface area contributed by atoms with Gasteiger partial charge in [-0.05, 0) is 41.0 Å². The third-order valence-electron chi connectivity index (χ3n) is 2.62. The summed E-state index contributed by atoms with van der Waals surface area (Å²) in [5.41, 5.74) is 1.02. The number of nitrogens with one attached hydrogen (secondary N) is 1. The van der Waals surface area contributed by atoms with Crippen LogP contribution in [-0.2, 0) is 6.42 Å². The van der Waals surface area contributed by atoms with Crippen molar-refractivity contribution in [2.45, 2.75) is 38.0 Å². The van der Waals surface area contributed by atoms with Gasteiger partial charge in [0.2, 0.25) is 0 Å². The molecule has 0 aromatic heterocycles. The maximum Gasteiger partial charge on any atom is 0.137 e. The van der Waals surface area contributed by atoms with E-state index in [0.717, 1.165) is 17.7 Å². The van der Waals surface area contributed by atoms with Crippen LogP contribution in [-0.4, -0.2) is 23.6 Å². The summed E-state index contributed by atoms with van der Waals surface area (Å²) in [6.45, 7) is 6.63. The average Bonchev–Trinajstić information content (AvgIpc) is 2.28. The van der Waals surface area contributed by atoms with E-state index in [1.807, 2.05) is 24.9 Å². The molecule has 0 spiro atoms. The molecule has 1 rings (SSSR count). The molecule has 1 aromatic carbocycles. The Kier molecular flexibility index (Phi) is 6.15. The standard InChI is InChI=1S/C14H21BrFNS/c1-14(2,3)18-9-11(17-4)8-10-6-5-7-12(16)13(10)15/h5-7,11,17H,8-9H2,1-4H3. The number of hydrogen-bond acceptors (Lipinski definition) is 2. The van der Waals surface area contributed by atoms with E-state index >= 15 is 0 Å². The second kappa shape index (κ2) is 6.92.